The van der Waals surface area contributed by atoms with Crippen molar-refractivity contribution in [2.24, 2.45) is 94.7 Å². The number of phosphoric acid groups is 1. The number of aliphatic hydroxyl groups excluding tert-OH is 2. The minimum Gasteiger partial charge on any atom is -0.394 e. The number of nitrogens with two attached hydrogens (primary N) is 6. The summed E-state index contributed by atoms with van der Waals surface area (Å²) in [6.45, 7) is 19.3. The van der Waals surface area contributed by atoms with Gasteiger partial charge in [-0.2, -0.15) is 0 Å². The average molecular weight is 1270 g/mol. The number of hydrogen-bond acceptors (Lipinski definition) is 18. The number of nitrogens with one attached hydrogen (secondary N) is 2. The summed E-state index contributed by atoms with van der Waals surface area (Å²) in [6.07, 6.45) is -4.26. The number of nitrogens with zero attached hydrogens (tertiary/aromatic N) is 5. The van der Waals surface area contributed by atoms with Gasteiger partial charge in [-0.25, -0.2) is 9.55 Å². The van der Waals surface area contributed by atoms with Crippen molar-refractivity contribution in [1.29, 1.82) is 0 Å². The molecule has 2 fully saturated rings. The van der Waals surface area contributed by atoms with Gasteiger partial charge in [0, 0.05) is 131 Å². The summed E-state index contributed by atoms with van der Waals surface area (Å²) in [5, 5.41) is 28.2. The van der Waals surface area contributed by atoms with Gasteiger partial charge in [0.2, 0.25) is 41.4 Å². The van der Waals surface area contributed by atoms with Crippen molar-refractivity contribution < 1.29 is 67.0 Å². The summed E-state index contributed by atoms with van der Waals surface area (Å²) in [7, 11) is -5.07. The van der Waals surface area contributed by atoms with Gasteiger partial charge in [-0.05, 0) is 108 Å². The molecular formula is C62H90N13O14P. The van der Waals surface area contributed by atoms with Crippen molar-refractivity contribution in [2.45, 2.75) is 189 Å². The minimum atomic E-state index is -5.07. The van der Waals surface area contributed by atoms with E-state index in [1.54, 1.807) is 4.57 Å². The summed E-state index contributed by atoms with van der Waals surface area (Å²) in [4.78, 5) is 126. The minimum absolute atomic E-state index is 0.0114. The quantitative estimate of drug-likeness (QED) is 0.0603. The van der Waals surface area contributed by atoms with Crippen LogP contribution in [0.1, 0.15) is 150 Å². The van der Waals surface area contributed by atoms with E-state index in [0.29, 0.717) is 56.4 Å². The average Bonchev–Trinajstić information content (AvgIpc) is 1.53. The molecular weight excluding hydrogens is 1180 g/mol. The molecule has 7 amide bonds. The number of aromatic nitrogens is 2. The van der Waals surface area contributed by atoms with Crippen molar-refractivity contribution in [3.05, 3.63) is 63.9 Å². The number of aliphatic hydroxyl groups is 2. The second-order valence-electron chi connectivity index (χ2n) is 27.1. The van der Waals surface area contributed by atoms with Crippen LogP contribution in [0.15, 0.2) is 67.8 Å². The highest BCUT2D eigenvalue weighted by molar-refractivity contribution is 7.47. The Bertz CT molecular complexity index is 3540. The molecule has 28 heteroatoms. The molecule has 17 N–H and O–H groups in total. The first-order chi connectivity index (χ1) is 41.8. The lowest BCUT2D eigenvalue weighted by atomic mass is 9.55. The summed E-state index contributed by atoms with van der Waals surface area (Å²) in [5.74, 6) is -7.18. The van der Waals surface area contributed by atoms with Crippen molar-refractivity contribution in [3.8, 4) is 0 Å². The Morgan fingerprint density at radius 2 is 1.40 bits per heavy atom. The van der Waals surface area contributed by atoms with E-state index < -0.39 is 143 Å². The van der Waals surface area contributed by atoms with Gasteiger partial charge < -0.3 is 69.4 Å². The van der Waals surface area contributed by atoms with E-state index in [4.69, 9.17) is 63.2 Å². The molecule has 492 valence electrons. The number of allylic oxidation sites excluding steroid dienone is 6. The number of carbonyl (C=O) groups is 7. The summed E-state index contributed by atoms with van der Waals surface area (Å²) >= 11 is 0. The molecule has 0 saturated carbocycles. The highest BCUT2D eigenvalue weighted by Gasteiger charge is 2.66. The topological polar surface area (TPSA) is 460 Å². The van der Waals surface area contributed by atoms with Crippen LogP contribution in [0.3, 0.4) is 0 Å². The van der Waals surface area contributed by atoms with Gasteiger partial charge in [0.1, 0.15) is 18.3 Å². The number of benzene rings is 1. The molecule has 8 rings (SSSR count). The molecule has 7 heterocycles. The molecule has 6 aliphatic rings. The Hall–Kier alpha value is -7.00. The first-order valence-corrected chi connectivity index (χ1v) is 32.1. The fourth-order valence-electron chi connectivity index (χ4n) is 15.4. The molecule has 0 spiro atoms. The zero-order chi connectivity index (χ0) is 66.7. The lowest BCUT2D eigenvalue weighted by Gasteiger charge is -2.48. The van der Waals surface area contributed by atoms with Crippen molar-refractivity contribution in [2.75, 3.05) is 13.2 Å². The maximum absolute atomic E-state index is 14.4. The molecule has 1 aromatic carbocycles. The number of aliphatic imine (C=N–C) groups is 3. The smallest absolute Gasteiger partial charge is 0.394 e. The number of hydrogen-bond donors (Lipinski definition) is 11. The van der Waals surface area contributed by atoms with Crippen LogP contribution in [0.5, 0.6) is 0 Å². The van der Waals surface area contributed by atoms with Crippen molar-refractivity contribution >= 4 is 77.3 Å². The zero-order valence-corrected chi connectivity index (χ0v) is 54.1. The second-order valence-corrected chi connectivity index (χ2v) is 28.4. The lowest BCUT2D eigenvalue weighted by molar-refractivity contribution is -0.124. The number of primary amides is 6. The van der Waals surface area contributed by atoms with Gasteiger partial charge >= 0.3 is 7.82 Å². The number of rotatable bonds is 26. The molecule has 2 aromatic rings. The van der Waals surface area contributed by atoms with Crippen LogP contribution < -0.4 is 45.0 Å². The number of carbonyl (C=O) groups excluding carboxylic acids is 7. The molecule has 6 aliphatic heterocycles. The third kappa shape index (κ3) is 13.0. The lowest BCUT2D eigenvalue weighted by Crippen LogP contribution is -2.56. The summed E-state index contributed by atoms with van der Waals surface area (Å²) in [5.41, 5.74) is 37.4. The highest BCUT2D eigenvalue weighted by atomic mass is 31.2. The monoisotopic (exact) mass is 1270 g/mol. The fraction of sp³-hybridized carbons (Fsp3) is 0.629. The van der Waals surface area contributed by atoms with Gasteiger partial charge in [-0.1, -0.05) is 34.6 Å². The van der Waals surface area contributed by atoms with E-state index in [1.807, 2.05) is 87.4 Å². The molecule has 0 radical (unpaired) electrons. The predicted molar refractivity (Wildman–Crippen MR) is 334 cm³/mol. The summed E-state index contributed by atoms with van der Waals surface area (Å²) in [6, 6.07) is 2.70. The van der Waals surface area contributed by atoms with Gasteiger partial charge in [-0.15, -0.1) is 0 Å². The van der Waals surface area contributed by atoms with E-state index in [1.165, 1.54) is 13.3 Å². The number of amides is 7. The Balaban J connectivity index is 1.19. The van der Waals surface area contributed by atoms with Crippen LogP contribution in [-0.4, -0.2) is 132 Å². The Kier molecular flexibility index (Phi) is 19.6. The summed E-state index contributed by atoms with van der Waals surface area (Å²) < 4.78 is 32.3. The van der Waals surface area contributed by atoms with Gasteiger partial charge in [0.05, 0.1) is 41.7 Å². The number of imidazole rings is 1. The van der Waals surface area contributed by atoms with E-state index >= 15 is 0 Å². The van der Waals surface area contributed by atoms with E-state index in [0.717, 1.165) is 11.1 Å². The standard InChI is InChI=1S/C62H90N13O14P/c1-29-20-39-40(21-30(29)2)75(28-70-39)57-52(84)53(41(27-76)87-57)89-90(85,86)88-31(3)26-69-49(83)18-19-59(8)37(22-46(66)80)56-62(11)61(10,25-48(68)82)36(14-17-45(65)79)51(74-62)33(5)55-60(9,24-47(67)81)34(12-15-43(63)77)38(71-55)23-42-58(6,7)35(13-16-44(64)78)50(72-42)32(4)54(59)73-56/h20-21,23,28,31,34-37,41,52-53,56-57,71,76,84H,12-19,22,24-27H2,1-11H3,(H2,63,77)(H2,64,78)(H2,65,79)(H2,66,80)(H2,67,81)(H2,68,82)(H,69,83)(H,85,86)/b38-23?,50-32?,55-33-/t31?,34-,35?,36-,37+,41-,52-,53-,56-,57+,59-,60+,61+,62+/m1/s1. The largest absolute Gasteiger partial charge is 0.472 e. The first-order valence-electron chi connectivity index (χ1n) is 30.6. The fourth-order valence-corrected chi connectivity index (χ4v) is 16.6. The van der Waals surface area contributed by atoms with Gasteiger partial charge in [0.15, 0.2) is 6.23 Å². The normalized spacial score (nSPS) is 32.8. The molecule has 3 unspecified atom stereocenters. The second kappa shape index (κ2) is 25.6. The SMILES string of the molecule is CC1=C2N=C(C=C3N/C(=C(/C)C4=N[C@@](C)([C@@H]5N=C1[C@](C)(CCC(=O)NCC(C)OP(=O)(O)O[C@H]1[C@@H](O)[C@@H](n6cnc7cc(C)c(C)cc76)O[C@@H]1CO)[C@H]5CC(N)=O)[C@@](C)(CC(N)=O)[C@@H]4CCC(N)=O)[C@@](C)(CC(N)=O)[C@@H]3CCC(N)=O)C(C)(C)C2CCC(N)=O. The maximum atomic E-state index is 14.4. The van der Waals surface area contributed by atoms with Crippen molar-refractivity contribution in [1.82, 2.24) is 20.2 Å². The highest BCUT2D eigenvalue weighted by Crippen LogP contribution is 2.63. The number of fused-ring (bicyclic) bond motifs is 7. The Labute approximate surface area is 523 Å². The van der Waals surface area contributed by atoms with E-state index in [-0.39, 0.29) is 77.2 Å². The Morgan fingerprint density at radius 1 is 0.800 bits per heavy atom. The van der Waals surface area contributed by atoms with Crippen molar-refractivity contribution in [3.63, 3.8) is 0 Å². The zero-order valence-electron chi connectivity index (χ0n) is 53.3. The Morgan fingerprint density at radius 3 is 1.99 bits per heavy atom. The first kappa shape index (κ1) is 68.9. The molecule has 0 aliphatic carbocycles. The number of aryl methyl sites for hydroxylation is 2. The van der Waals surface area contributed by atoms with Crippen LogP contribution in [0.2, 0.25) is 0 Å². The van der Waals surface area contributed by atoms with E-state index in [2.05, 4.69) is 15.6 Å². The van der Waals surface area contributed by atoms with Gasteiger partial charge in [-0.3, -0.25) is 57.6 Å². The molecule has 2 saturated heterocycles. The molecule has 90 heavy (non-hydrogen) atoms. The predicted octanol–water partition coefficient (Wildman–Crippen LogP) is 3.16. The van der Waals surface area contributed by atoms with Crippen LogP contribution in [-0.2, 0) is 51.9 Å². The van der Waals surface area contributed by atoms with Gasteiger partial charge in [0.25, 0.3) is 0 Å². The van der Waals surface area contributed by atoms with Crippen LogP contribution >= 0.6 is 7.82 Å². The molecule has 15 atom stereocenters. The third-order valence-corrected chi connectivity index (χ3v) is 21.7. The van der Waals surface area contributed by atoms with Crippen LogP contribution in [0, 0.1) is 59.2 Å². The molecule has 8 bridgehead atoms. The molecule has 1 aromatic heterocycles. The van der Waals surface area contributed by atoms with Crippen LogP contribution in [0.25, 0.3) is 11.0 Å². The third-order valence-electron chi connectivity index (χ3n) is 20.6. The number of phosphoric ester groups is 1. The maximum Gasteiger partial charge on any atom is 0.472 e. The molecule has 27 nitrogen and oxygen atoms in total. The van der Waals surface area contributed by atoms with E-state index in [9.17, 15) is 53.2 Å². The number of ether oxygens (including phenoxy) is 1. The van der Waals surface area contributed by atoms with Crippen LogP contribution in [0.4, 0.5) is 0 Å².